The van der Waals surface area contributed by atoms with Crippen molar-refractivity contribution < 1.29 is 9.53 Å². The third kappa shape index (κ3) is 2.05. The molecule has 2 heterocycles. The molecule has 4 atom stereocenters. The van der Waals surface area contributed by atoms with Crippen LogP contribution in [0.5, 0.6) is 0 Å². The van der Waals surface area contributed by atoms with Crippen molar-refractivity contribution in [3.63, 3.8) is 0 Å². The zero-order chi connectivity index (χ0) is 13.3. The first-order valence-corrected chi connectivity index (χ1v) is 7.14. The summed E-state index contributed by atoms with van der Waals surface area (Å²) in [6.07, 6.45) is 1.76. The Bertz CT molecular complexity index is 315. The molecule has 4 heteroatoms. The van der Waals surface area contributed by atoms with E-state index in [0.29, 0.717) is 17.9 Å². The van der Waals surface area contributed by atoms with Gasteiger partial charge in [-0.2, -0.15) is 0 Å². The molecule has 2 rings (SSSR count). The summed E-state index contributed by atoms with van der Waals surface area (Å²) in [5.74, 6) is 1.45. The van der Waals surface area contributed by atoms with E-state index in [2.05, 4.69) is 17.1 Å². The number of amides is 1. The second-order valence-electron chi connectivity index (χ2n) is 5.80. The summed E-state index contributed by atoms with van der Waals surface area (Å²) in [6.45, 7) is 9.12. The predicted octanol–water partition coefficient (Wildman–Crippen LogP) is 1.26. The Morgan fingerprint density at radius 3 is 2.72 bits per heavy atom. The third-order valence-electron chi connectivity index (χ3n) is 4.97. The minimum Gasteiger partial charge on any atom is -0.369 e. The van der Waals surface area contributed by atoms with Crippen LogP contribution in [-0.4, -0.2) is 49.2 Å². The van der Waals surface area contributed by atoms with Crippen LogP contribution in [0.15, 0.2) is 0 Å². The van der Waals surface area contributed by atoms with Crippen molar-refractivity contribution in [3.8, 4) is 0 Å². The van der Waals surface area contributed by atoms with Crippen molar-refractivity contribution >= 4 is 5.91 Å². The summed E-state index contributed by atoms with van der Waals surface area (Å²) in [5, 5.41) is 3.45. The molecule has 2 aliphatic heterocycles. The van der Waals surface area contributed by atoms with Gasteiger partial charge in [-0.1, -0.05) is 13.8 Å². The number of rotatable bonds is 4. The second-order valence-corrected chi connectivity index (χ2v) is 5.80. The van der Waals surface area contributed by atoms with Gasteiger partial charge in [0.05, 0.1) is 0 Å². The minimum atomic E-state index is -0.653. The molecule has 4 unspecified atom stereocenters. The molecule has 0 spiro atoms. The summed E-state index contributed by atoms with van der Waals surface area (Å²) in [5.41, 5.74) is -0.653. The monoisotopic (exact) mass is 254 g/mol. The van der Waals surface area contributed by atoms with Crippen LogP contribution >= 0.6 is 0 Å². The molecule has 4 nitrogen and oxygen atoms in total. The highest BCUT2D eigenvalue weighted by Crippen LogP contribution is 2.36. The first-order valence-electron chi connectivity index (χ1n) is 7.14. The lowest BCUT2D eigenvalue weighted by Crippen LogP contribution is -2.51. The van der Waals surface area contributed by atoms with E-state index in [1.165, 1.54) is 0 Å². The van der Waals surface area contributed by atoms with E-state index >= 15 is 0 Å². The summed E-state index contributed by atoms with van der Waals surface area (Å²) >= 11 is 0. The number of fused-ring (bicyclic) bond motifs is 1. The topological polar surface area (TPSA) is 41.6 Å². The highest BCUT2D eigenvalue weighted by molar-refractivity contribution is 5.85. The van der Waals surface area contributed by atoms with Crippen molar-refractivity contribution in [2.75, 3.05) is 26.7 Å². The highest BCUT2D eigenvalue weighted by Gasteiger charge is 2.48. The van der Waals surface area contributed by atoms with Gasteiger partial charge in [0.2, 0.25) is 0 Å². The number of likely N-dealkylation sites (tertiary alicyclic amines) is 1. The van der Waals surface area contributed by atoms with Gasteiger partial charge < -0.3 is 15.0 Å². The van der Waals surface area contributed by atoms with Gasteiger partial charge in [-0.15, -0.1) is 0 Å². The van der Waals surface area contributed by atoms with E-state index in [1.807, 2.05) is 13.8 Å². The summed E-state index contributed by atoms with van der Waals surface area (Å²) < 4.78 is 5.47. The average molecular weight is 254 g/mol. The number of hydrogen-bond donors (Lipinski definition) is 1. The van der Waals surface area contributed by atoms with Gasteiger partial charge >= 0.3 is 0 Å². The fourth-order valence-electron chi connectivity index (χ4n) is 3.47. The molecule has 1 amide bonds. The standard InChI is InChI=1S/C14H26N2O2/c1-5-12-11-8-15-7-10(11)9-16(12)13(17)14(3,6-2)18-4/h10-12,15H,5-9H2,1-4H3. The molecule has 2 fully saturated rings. The Kier molecular flexibility index (Phi) is 3.97. The molecule has 0 aromatic heterocycles. The first-order chi connectivity index (χ1) is 8.57. The maximum atomic E-state index is 12.7. The Labute approximate surface area is 110 Å². The summed E-state index contributed by atoms with van der Waals surface area (Å²) in [7, 11) is 1.64. The molecule has 1 N–H and O–H groups in total. The lowest BCUT2D eigenvalue weighted by molar-refractivity contribution is -0.154. The Morgan fingerprint density at radius 1 is 1.44 bits per heavy atom. The normalized spacial score (nSPS) is 34.4. The number of carbonyl (C=O) groups excluding carboxylic acids is 1. The largest absolute Gasteiger partial charge is 0.369 e. The molecule has 0 saturated carbocycles. The molecule has 2 saturated heterocycles. The molecule has 0 bridgehead atoms. The van der Waals surface area contributed by atoms with Crippen LogP contribution in [0.1, 0.15) is 33.6 Å². The molecular formula is C14H26N2O2. The van der Waals surface area contributed by atoms with E-state index in [4.69, 9.17) is 4.74 Å². The van der Waals surface area contributed by atoms with Gasteiger partial charge in [-0.25, -0.2) is 0 Å². The number of methoxy groups -OCH3 is 1. The molecule has 0 aromatic rings. The van der Waals surface area contributed by atoms with Crippen LogP contribution in [0.25, 0.3) is 0 Å². The molecule has 2 aliphatic rings. The third-order valence-corrected chi connectivity index (χ3v) is 4.97. The number of hydrogen-bond acceptors (Lipinski definition) is 3. The lowest BCUT2D eigenvalue weighted by atomic mass is 9.92. The number of carbonyl (C=O) groups is 1. The molecular weight excluding hydrogens is 228 g/mol. The fraction of sp³-hybridized carbons (Fsp3) is 0.929. The zero-order valence-corrected chi connectivity index (χ0v) is 12.0. The fourth-order valence-corrected chi connectivity index (χ4v) is 3.47. The van der Waals surface area contributed by atoms with Gasteiger partial charge in [-0.05, 0) is 31.6 Å². The van der Waals surface area contributed by atoms with E-state index in [-0.39, 0.29) is 5.91 Å². The van der Waals surface area contributed by atoms with Gasteiger partial charge in [-0.3, -0.25) is 4.79 Å². The van der Waals surface area contributed by atoms with Crippen molar-refractivity contribution in [1.29, 1.82) is 0 Å². The van der Waals surface area contributed by atoms with Gasteiger partial charge in [0.25, 0.3) is 5.91 Å². The van der Waals surface area contributed by atoms with Crippen LogP contribution in [0.4, 0.5) is 0 Å². The number of nitrogens with one attached hydrogen (secondary N) is 1. The molecule has 0 aromatic carbocycles. The van der Waals surface area contributed by atoms with Crippen LogP contribution in [-0.2, 0) is 9.53 Å². The second kappa shape index (κ2) is 5.17. The molecule has 0 radical (unpaired) electrons. The first kappa shape index (κ1) is 13.8. The Morgan fingerprint density at radius 2 is 2.17 bits per heavy atom. The van der Waals surface area contributed by atoms with Crippen molar-refractivity contribution in [1.82, 2.24) is 10.2 Å². The smallest absolute Gasteiger partial charge is 0.254 e. The lowest BCUT2D eigenvalue weighted by Gasteiger charge is -2.35. The van der Waals surface area contributed by atoms with Crippen LogP contribution < -0.4 is 5.32 Å². The quantitative estimate of drug-likeness (QED) is 0.821. The number of ether oxygens (including phenoxy) is 1. The van der Waals surface area contributed by atoms with Crippen LogP contribution in [0.3, 0.4) is 0 Å². The highest BCUT2D eigenvalue weighted by atomic mass is 16.5. The minimum absolute atomic E-state index is 0.175. The van der Waals surface area contributed by atoms with E-state index < -0.39 is 5.60 Å². The number of nitrogens with zero attached hydrogens (tertiary/aromatic N) is 1. The summed E-state index contributed by atoms with van der Waals surface area (Å²) in [6, 6.07) is 0.388. The van der Waals surface area contributed by atoms with Crippen molar-refractivity contribution in [2.24, 2.45) is 11.8 Å². The SMILES string of the molecule is CCC1C2CNCC2CN1C(=O)C(C)(CC)OC. The Balaban J connectivity index is 2.15. The Hall–Kier alpha value is -0.610. The van der Waals surface area contributed by atoms with Gasteiger partial charge in [0.15, 0.2) is 0 Å². The van der Waals surface area contributed by atoms with E-state index in [0.717, 1.165) is 32.5 Å². The van der Waals surface area contributed by atoms with Crippen LogP contribution in [0.2, 0.25) is 0 Å². The maximum absolute atomic E-state index is 12.7. The van der Waals surface area contributed by atoms with Crippen molar-refractivity contribution in [2.45, 2.75) is 45.3 Å². The van der Waals surface area contributed by atoms with Crippen molar-refractivity contribution in [3.05, 3.63) is 0 Å². The van der Waals surface area contributed by atoms with Gasteiger partial charge in [0, 0.05) is 32.8 Å². The average Bonchev–Trinajstić information content (AvgIpc) is 2.96. The molecule has 0 aliphatic carbocycles. The maximum Gasteiger partial charge on any atom is 0.254 e. The molecule has 104 valence electrons. The van der Waals surface area contributed by atoms with E-state index in [1.54, 1.807) is 7.11 Å². The zero-order valence-electron chi connectivity index (χ0n) is 12.0. The predicted molar refractivity (Wildman–Crippen MR) is 71.3 cm³/mol. The summed E-state index contributed by atoms with van der Waals surface area (Å²) in [4.78, 5) is 14.8. The molecule has 18 heavy (non-hydrogen) atoms. The van der Waals surface area contributed by atoms with Gasteiger partial charge in [0.1, 0.15) is 5.60 Å². The van der Waals surface area contributed by atoms with Crippen LogP contribution in [0, 0.1) is 11.8 Å². The van der Waals surface area contributed by atoms with E-state index in [9.17, 15) is 4.79 Å².